The van der Waals surface area contributed by atoms with Crippen molar-refractivity contribution >= 4 is 23.5 Å². The Labute approximate surface area is 172 Å². The van der Waals surface area contributed by atoms with Gasteiger partial charge in [0.25, 0.3) is 0 Å². The summed E-state index contributed by atoms with van der Waals surface area (Å²) < 4.78 is 5.58. The van der Waals surface area contributed by atoms with Crippen LogP contribution in [0.4, 0.5) is 11.6 Å². The third kappa shape index (κ3) is 5.00. The van der Waals surface area contributed by atoms with Gasteiger partial charge in [0.15, 0.2) is 0 Å². The van der Waals surface area contributed by atoms with E-state index in [1.807, 2.05) is 31.7 Å². The Morgan fingerprint density at radius 2 is 1.76 bits per heavy atom. The molecule has 0 radical (unpaired) electrons. The van der Waals surface area contributed by atoms with Gasteiger partial charge in [0, 0.05) is 38.1 Å². The van der Waals surface area contributed by atoms with E-state index in [9.17, 15) is 9.59 Å². The van der Waals surface area contributed by atoms with E-state index in [1.165, 1.54) is 6.42 Å². The molecular weight excluding hydrogens is 368 g/mol. The van der Waals surface area contributed by atoms with Crippen LogP contribution in [0.25, 0.3) is 0 Å². The summed E-state index contributed by atoms with van der Waals surface area (Å²) in [5.41, 5.74) is -0.0279. The highest BCUT2D eigenvalue weighted by molar-refractivity contribution is 5.91. The van der Waals surface area contributed by atoms with E-state index in [2.05, 4.69) is 10.2 Å². The molecule has 1 N–H and O–H groups in total. The van der Waals surface area contributed by atoms with Crippen molar-refractivity contribution in [2.24, 2.45) is 5.92 Å². The predicted octanol–water partition coefficient (Wildman–Crippen LogP) is 3.06. The molecule has 2 saturated carbocycles. The molecule has 7 nitrogen and oxygen atoms in total. The van der Waals surface area contributed by atoms with Crippen LogP contribution in [0.5, 0.6) is 0 Å². The second-order valence-electron chi connectivity index (χ2n) is 9.46. The van der Waals surface area contributed by atoms with Crippen molar-refractivity contribution in [3.05, 3.63) is 17.7 Å². The van der Waals surface area contributed by atoms with Crippen molar-refractivity contribution in [3.63, 3.8) is 0 Å². The van der Waals surface area contributed by atoms with Crippen molar-refractivity contribution in [2.75, 3.05) is 36.4 Å². The van der Waals surface area contributed by atoms with Gasteiger partial charge in [-0.05, 0) is 65.0 Å². The summed E-state index contributed by atoms with van der Waals surface area (Å²) in [4.78, 5) is 33.9. The Hall–Kier alpha value is -2.31. The Bertz CT molecular complexity index is 773. The summed E-state index contributed by atoms with van der Waals surface area (Å²) in [6.45, 7) is 8.49. The number of ether oxygens (including phenoxy) is 1. The monoisotopic (exact) mass is 400 g/mol. The van der Waals surface area contributed by atoms with E-state index in [4.69, 9.17) is 9.72 Å². The fourth-order valence-electron chi connectivity index (χ4n) is 3.71. The zero-order valence-corrected chi connectivity index (χ0v) is 17.7. The van der Waals surface area contributed by atoms with Crippen molar-refractivity contribution in [3.8, 4) is 0 Å². The number of anilines is 2. The largest absolute Gasteiger partial charge is 0.456 e. The molecule has 29 heavy (non-hydrogen) atoms. The second-order valence-corrected chi connectivity index (χ2v) is 9.46. The number of aromatic nitrogens is 1. The number of carbonyl (C=O) groups is 2. The van der Waals surface area contributed by atoms with Crippen LogP contribution in [0.15, 0.2) is 12.1 Å². The first-order chi connectivity index (χ1) is 13.8. The average molecular weight is 401 g/mol. The van der Waals surface area contributed by atoms with E-state index in [0.717, 1.165) is 50.4 Å². The van der Waals surface area contributed by atoms with Crippen molar-refractivity contribution < 1.29 is 14.3 Å². The number of hydrogen-bond donors (Lipinski definition) is 1. The van der Waals surface area contributed by atoms with E-state index in [0.29, 0.717) is 30.6 Å². The molecule has 158 valence electrons. The SMILES string of the molecule is CC(C)(C)OC(=O)c1cc(NC2CCC2)nc(N2CCN(C(=O)C3CC3)CC2)c1. The number of amides is 1. The van der Waals surface area contributed by atoms with Crippen LogP contribution in [-0.2, 0) is 9.53 Å². The number of esters is 1. The summed E-state index contributed by atoms with van der Waals surface area (Å²) >= 11 is 0. The first kappa shape index (κ1) is 20.0. The smallest absolute Gasteiger partial charge is 0.338 e. The lowest BCUT2D eigenvalue weighted by atomic mass is 9.93. The van der Waals surface area contributed by atoms with Crippen LogP contribution in [0, 0.1) is 5.92 Å². The van der Waals surface area contributed by atoms with E-state index in [1.54, 1.807) is 6.07 Å². The fraction of sp³-hybridized carbons (Fsp3) is 0.682. The van der Waals surface area contributed by atoms with Crippen LogP contribution in [0.2, 0.25) is 0 Å². The quantitative estimate of drug-likeness (QED) is 0.766. The fourth-order valence-corrected chi connectivity index (χ4v) is 3.71. The summed E-state index contributed by atoms with van der Waals surface area (Å²) in [6.07, 6.45) is 5.57. The predicted molar refractivity (Wildman–Crippen MR) is 112 cm³/mol. The van der Waals surface area contributed by atoms with Gasteiger partial charge in [0.05, 0.1) is 5.56 Å². The topological polar surface area (TPSA) is 74.8 Å². The highest BCUT2D eigenvalue weighted by Crippen LogP contribution is 2.32. The van der Waals surface area contributed by atoms with Crippen LogP contribution < -0.4 is 10.2 Å². The molecule has 0 aromatic carbocycles. The molecule has 1 saturated heterocycles. The summed E-state index contributed by atoms with van der Waals surface area (Å²) in [5, 5.41) is 3.46. The van der Waals surface area contributed by atoms with Gasteiger partial charge in [0.2, 0.25) is 5.91 Å². The van der Waals surface area contributed by atoms with Gasteiger partial charge in [-0.2, -0.15) is 0 Å². The lowest BCUT2D eigenvalue weighted by Crippen LogP contribution is -2.49. The molecule has 3 aliphatic rings. The molecule has 0 spiro atoms. The number of rotatable bonds is 5. The summed E-state index contributed by atoms with van der Waals surface area (Å²) in [5.74, 6) is 1.72. The van der Waals surface area contributed by atoms with Crippen molar-refractivity contribution in [1.29, 1.82) is 0 Å². The molecule has 1 aromatic heterocycles. The van der Waals surface area contributed by atoms with E-state index in [-0.39, 0.29) is 11.9 Å². The molecule has 2 aliphatic carbocycles. The Kier molecular flexibility index (Phi) is 5.40. The highest BCUT2D eigenvalue weighted by Gasteiger charge is 2.35. The van der Waals surface area contributed by atoms with Gasteiger partial charge in [-0.1, -0.05) is 0 Å². The van der Waals surface area contributed by atoms with Gasteiger partial charge in [-0.25, -0.2) is 9.78 Å². The van der Waals surface area contributed by atoms with Gasteiger partial charge in [-0.15, -0.1) is 0 Å². The first-order valence-electron chi connectivity index (χ1n) is 10.8. The standard InChI is InChI=1S/C22H32N4O3/c1-22(2,3)29-21(28)16-13-18(23-17-5-4-6-17)24-19(14-16)25-9-11-26(12-10-25)20(27)15-7-8-15/h13-15,17H,4-12H2,1-3H3,(H,23,24). The second kappa shape index (κ2) is 7.84. The van der Waals surface area contributed by atoms with E-state index < -0.39 is 5.60 Å². The number of carbonyl (C=O) groups excluding carboxylic acids is 2. The normalized spacial score (nSPS) is 20.2. The molecular formula is C22H32N4O3. The minimum atomic E-state index is -0.545. The van der Waals surface area contributed by atoms with E-state index >= 15 is 0 Å². The number of piperazine rings is 1. The number of nitrogens with one attached hydrogen (secondary N) is 1. The first-order valence-corrected chi connectivity index (χ1v) is 10.8. The Morgan fingerprint density at radius 1 is 1.07 bits per heavy atom. The zero-order valence-electron chi connectivity index (χ0n) is 17.7. The van der Waals surface area contributed by atoms with Crippen molar-refractivity contribution in [2.45, 2.75) is 64.5 Å². The van der Waals surface area contributed by atoms with Crippen LogP contribution >= 0.6 is 0 Å². The molecule has 0 unspecified atom stereocenters. The summed E-state index contributed by atoms with van der Waals surface area (Å²) in [6, 6.07) is 4.04. The lowest BCUT2D eigenvalue weighted by molar-refractivity contribution is -0.132. The van der Waals surface area contributed by atoms with Crippen LogP contribution in [0.1, 0.15) is 63.2 Å². The lowest BCUT2D eigenvalue weighted by Gasteiger charge is -2.36. The maximum Gasteiger partial charge on any atom is 0.338 e. The van der Waals surface area contributed by atoms with Crippen LogP contribution in [-0.4, -0.2) is 59.6 Å². The van der Waals surface area contributed by atoms with Gasteiger partial charge in [-0.3, -0.25) is 4.79 Å². The zero-order chi connectivity index (χ0) is 20.6. The van der Waals surface area contributed by atoms with Crippen LogP contribution in [0.3, 0.4) is 0 Å². The molecule has 1 aromatic rings. The number of hydrogen-bond acceptors (Lipinski definition) is 6. The van der Waals surface area contributed by atoms with Gasteiger partial charge < -0.3 is 19.9 Å². The third-order valence-corrected chi connectivity index (χ3v) is 5.75. The average Bonchev–Trinajstić information content (AvgIpc) is 3.48. The number of pyridine rings is 1. The molecule has 4 rings (SSSR count). The summed E-state index contributed by atoms with van der Waals surface area (Å²) in [7, 11) is 0. The molecule has 3 fully saturated rings. The molecule has 1 amide bonds. The molecule has 7 heteroatoms. The molecule has 0 atom stereocenters. The maximum absolute atomic E-state index is 12.7. The Balaban J connectivity index is 1.50. The minimum Gasteiger partial charge on any atom is -0.456 e. The maximum atomic E-state index is 12.7. The Morgan fingerprint density at radius 3 is 2.31 bits per heavy atom. The van der Waals surface area contributed by atoms with Gasteiger partial charge in [0.1, 0.15) is 17.2 Å². The molecule has 1 aliphatic heterocycles. The minimum absolute atomic E-state index is 0.258. The van der Waals surface area contributed by atoms with Crippen molar-refractivity contribution in [1.82, 2.24) is 9.88 Å². The van der Waals surface area contributed by atoms with Gasteiger partial charge >= 0.3 is 5.97 Å². The highest BCUT2D eigenvalue weighted by atomic mass is 16.6. The number of nitrogens with zero attached hydrogens (tertiary/aromatic N) is 3. The molecule has 0 bridgehead atoms. The third-order valence-electron chi connectivity index (χ3n) is 5.75. The molecule has 2 heterocycles.